The number of para-hydroxylation sites is 2. The van der Waals surface area contributed by atoms with Crippen molar-refractivity contribution in [1.29, 1.82) is 0 Å². The molecule has 2 aromatic carbocycles. The van der Waals surface area contributed by atoms with Gasteiger partial charge >= 0.3 is 0 Å². The van der Waals surface area contributed by atoms with Crippen LogP contribution in [0.4, 0.5) is 0 Å². The van der Waals surface area contributed by atoms with Crippen LogP contribution in [0.2, 0.25) is 0 Å². The van der Waals surface area contributed by atoms with Gasteiger partial charge in [-0.2, -0.15) is 0 Å². The SMILES string of the molecule is COc1ccccc1C=NCCc1c[nH]c2ccccc12. The Hall–Kier alpha value is -2.55. The number of ether oxygens (including phenoxy) is 1. The minimum Gasteiger partial charge on any atom is -0.496 e. The fourth-order valence-electron chi connectivity index (χ4n) is 2.46. The molecule has 0 amide bonds. The minimum absolute atomic E-state index is 0.764. The zero-order chi connectivity index (χ0) is 14.5. The molecule has 3 nitrogen and oxygen atoms in total. The van der Waals surface area contributed by atoms with Crippen LogP contribution < -0.4 is 4.74 Å². The number of fused-ring (bicyclic) bond motifs is 1. The number of methoxy groups -OCH3 is 1. The average molecular weight is 278 g/mol. The van der Waals surface area contributed by atoms with Crippen LogP contribution in [0.3, 0.4) is 0 Å². The van der Waals surface area contributed by atoms with E-state index in [1.165, 1.54) is 16.5 Å². The number of aliphatic imine (C=N–C) groups is 1. The van der Waals surface area contributed by atoms with Gasteiger partial charge in [-0.25, -0.2) is 0 Å². The largest absolute Gasteiger partial charge is 0.496 e. The molecule has 0 fully saturated rings. The van der Waals surface area contributed by atoms with E-state index in [9.17, 15) is 0 Å². The van der Waals surface area contributed by atoms with Gasteiger partial charge in [-0.15, -0.1) is 0 Å². The van der Waals surface area contributed by atoms with Crippen molar-refractivity contribution < 1.29 is 4.74 Å². The van der Waals surface area contributed by atoms with E-state index in [-0.39, 0.29) is 0 Å². The molecule has 0 bridgehead atoms. The van der Waals surface area contributed by atoms with Gasteiger partial charge in [0.05, 0.1) is 7.11 Å². The molecule has 0 unspecified atom stereocenters. The molecule has 0 radical (unpaired) electrons. The second kappa shape index (κ2) is 6.27. The number of benzene rings is 2. The molecule has 3 heteroatoms. The smallest absolute Gasteiger partial charge is 0.127 e. The molecular weight excluding hydrogens is 260 g/mol. The summed E-state index contributed by atoms with van der Waals surface area (Å²) in [6, 6.07) is 16.3. The Kier molecular flexibility index (Phi) is 4.01. The Bertz CT molecular complexity index is 759. The Labute approximate surface area is 124 Å². The lowest BCUT2D eigenvalue weighted by molar-refractivity contribution is 0.414. The van der Waals surface area contributed by atoms with Crippen molar-refractivity contribution >= 4 is 17.1 Å². The summed E-state index contributed by atoms with van der Waals surface area (Å²) in [7, 11) is 1.68. The van der Waals surface area contributed by atoms with Crippen LogP contribution in [0.15, 0.2) is 59.7 Å². The van der Waals surface area contributed by atoms with Crippen molar-refractivity contribution in [2.45, 2.75) is 6.42 Å². The summed E-state index contributed by atoms with van der Waals surface area (Å²) in [6.45, 7) is 0.764. The van der Waals surface area contributed by atoms with Crippen molar-refractivity contribution in [2.75, 3.05) is 13.7 Å². The molecule has 1 aromatic heterocycles. The Morgan fingerprint density at radius 1 is 1.10 bits per heavy atom. The first-order valence-corrected chi connectivity index (χ1v) is 7.06. The highest BCUT2D eigenvalue weighted by molar-refractivity contribution is 5.84. The molecule has 1 N–H and O–H groups in total. The van der Waals surface area contributed by atoms with Crippen LogP contribution in [0.5, 0.6) is 5.75 Å². The normalized spacial score (nSPS) is 11.3. The number of aromatic amines is 1. The lowest BCUT2D eigenvalue weighted by atomic mass is 10.1. The van der Waals surface area contributed by atoms with Gasteiger partial charge in [-0.1, -0.05) is 30.3 Å². The maximum absolute atomic E-state index is 5.31. The van der Waals surface area contributed by atoms with E-state index in [0.29, 0.717) is 0 Å². The third kappa shape index (κ3) is 2.97. The summed E-state index contributed by atoms with van der Waals surface area (Å²) in [5.41, 5.74) is 3.50. The number of H-pyrrole nitrogens is 1. The maximum Gasteiger partial charge on any atom is 0.127 e. The molecule has 3 rings (SSSR count). The zero-order valence-corrected chi connectivity index (χ0v) is 12.0. The van der Waals surface area contributed by atoms with Crippen LogP contribution in [0, 0.1) is 0 Å². The predicted molar refractivity (Wildman–Crippen MR) is 87.5 cm³/mol. The van der Waals surface area contributed by atoms with Crippen molar-refractivity contribution in [1.82, 2.24) is 4.98 Å². The molecule has 0 aliphatic carbocycles. The molecule has 0 saturated carbocycles. The minimum atomic E-state index is 0.764. The topological polar surface area (TPSA) is 37.4 Å². The Balaban J connectivity index is 1.67. The Morgan fingerprint density at radius 2 is 1.90 bits per heavy atom. The van der Waals surface area contributed by atoms with Gasteiger partial charge < -0.3 is 9.72 Å². The third-order valence-corrected chi connectivity index (χ3v) is 3.55. The molecule has 0 aliphatic rings. The maximum atomic E-state index is 5.31. The van der Waals surface area contributed by atoms with Gasteiger partial charge in [0, 0.05) is 35.4 Å². The van der Waals surface area contributed by atoms with E-state index in [0.717, 1.165) is 24.3 Å². The van der Waals surface area contributed by atoms with E-state index in [1.807, 2.05) is 36.5 Å². The van der Waals surface area contributed by atoms with E-state index in [4.69, 9.17) is 4.74 Å². The lowest BCUT2D eigenvalue weighted by Gasteiger charge is -2.02. The van der Waals surface area contributed by atoms with Crippen LogP contribution in [0.25, 0.3) is 10.9 Å². The summed E-state index contributed by atoms with van der Waals surface area (Å²) in [5, 5.41) is 1.28. The fourth-order valence-corrected chi connectivity index (χ4v) is 2.46. The quantitative estimate of drug-likeness (QED) is 0.707. The number of aromatic nitrogens is 1. The molecule has 1 heterocycles. The second-order valence-corrected chi connectivity index (χ2v) is 4.89. The number of hydrogen-bond donors (Lipinski definition) is 1. The fraction of sp³-hybridized carbons (Fsp3) is 0.167. The first kappa shape index (κ1) is 13.4. The summed E-state index contributed by atoms with van der Waals surface area (Å²) < 4.78 is 5.31. The van der Waals surface area contributed by atoms with Gasteiger partial charge in [-0.3, -0.25) is 4.99 Å². The van der Waals surface area contributed by atoms with Crippen LogP contribution in [-0.4, -0.2) is 24.9 Å². The second-order valence-electron chi connectivity index (χ2n) is 4.89. The van der Waals surface area contributed by atoms with Gasteiger partial charge in [0.25, 0.3) is 0 Å². The van der Waals surface area contributed by atoms with Gasteiger partial charge in [0.2, 0.25) is 0 Å². The van der Waals surface area contributed by atoms with Gasteiger partial charge in [-0.05, 0) is 30.2 Å². The first-order valence-electron chi connectivity index (χ1n) is 7.06. The van der Waals surface area contributed by atoms with Gasteiger partial charge in [0.1, 0.15) is 5.75 Å². The van der Waals surface area contributed by atoms with E-state index in [1.54, 1.807) is 7.11 Å². The first-order chi connectivity index (χ1) is 10.4. The summed E-state index contributed by atoms with van der Waals surface area (Å²) >= 11 is 0. The number of hydrogen-bond acceptors (Lipinski definition) is 2. The summed E-state index contributed by atoms with van der Waals surface area (Å²) in [5.74, 6) is 0.855. The monoisotopic (exact) mass is 278 g/mol. The lowest BCUT2D eigenvalue weighted by Crippen LogP contribution is -1.92. The number of nitrogens with one attached hydrogen (secondary N) is 1. The van der Waals surface area contributed by atoms with Crippen LogP contribution >= 0.6 is 0 Å². The number of rotatable bonds is 5. The Morgan fingerprint density at radius 3 is 2.81 bits per heavy atom. The standard InChI is InChI=1S/C18H18N2O/c1-21-18-9-5-2-6-15(18)12-19-11-10-14-13-20-17-8-4-3-7-16(14)17/h2-9,12-13,20H,10-11H2,1H3. The highest BCUT2D eigenvalue weighted by atomic mass is 16.5. The van der Waals surface area contributed by atoms with Crippen molar-refractivity contribution in [3.8, 4) is 5.75 Å². The molecule has 0 saturated heterocycles. The van der Waals surface area contributed by atoms with Crippen molar-refractivity contribution in [2.24, 2.45) is 4.99 Å². The van der Waals surface area contributed by atoms with Crippen LogP contribution in [-0.2, 0) is 6.42 Å². The van der Waals surface area contributed by atoms with Gasteiger partial charge in [0.15, 0.2) is 0 Å². The molecule has 0 atom stereocenters. The van der Waals surface area contributed by atoms with Crippen molar-refractivity contribution in [3.05, 3.63) is 65.9 Å². The molecule has 0 aliphatic heterocycles. The molecule has 3 aromatic rings. The van der Waals surface area contributed by atoms with E-state index >= 15 is 0 Å². The number of nitrogens with zero attached hydrogens (tertiary/aromatic N) is 1. The molecule has 21 heavy (non-hydrogen) atoms. The molecule has 106 valence electrons. The molecular formula is C18H18N2O. The highest BCUT2D eigenvalue weighted by Gasteiger charge is 2.02. The zero-order valence-electron chi connectivity index (χ0n) is 12.0. The highest BCUT2D eigenvalue weighted by Crippen LogP contribution is 2.18. The van der Waals surface area contributed by atoms with Crippen molar-refractivity contribution in [3.63, 3.8) is 0 Å². The third-order valence-electron chi connectivity index (χ3n) is 3.55. The average Bonchev–Trinajstić information content (AvgIpc) is 2.95. The summed E-state index contributed by atoms with van der Waals surface area (Å²) in [4.78, 5) is 7.81. The van der Waals surface area contributed by atoms with Crippen LogP contribution in [0.1, 0.15) is 11.1 Å². The van der Waals surface area contributed by atoms with E-state index < -0.39 is 0 Å². The van der Waals surface area contributed by atoms with E-state index in [2.05, 4.69) is 34.4 Å². The molecule has 0 spiro atoms. The predicted octanol–water partition coefficient (Wildman–Crippen LogP) is 3.84. The summed E-state index contributed by atoms with van der Waals surface area (Å²) in [6.07, 6.45) is 4.88.